The number of ketones is 1. The average molecular weight is 155 g/mol. The zero-order valence-corrected chi connectivity index (χ0v) is 6.75. The quantitative estimate of drug-likeness (QED) is 0.529. The molecule has 0 aliphatic carbocycles. The van der Waals surface area contributed by atoms with Gasteiger partial charge in [-0.1, -0.05) is 6.58 Å². The maximum absolute atomic E-state index is 11.0. The summed E-state index contributed by atoms with van der Waals surface area (Å²) in [5.74, 6) is -0.0171. The summed E-state index contributed by atoms with van der Waals surface area (Å²) in [5, 5.41) is 0. The van der Waals surface area contributed by atoms with Crippen LogP contribution >= 0.6 is 0 Å². The number of hydrogen-bond acceptors (Lipinski definition) is 3. The summed E-state index contributed by atoms with van der Waals surface area (Å²) in [5.41, 5.74) is 0. The minimum atomic E-state index is -0.286. The van der Waals surface area contributed by atoms with Crippen LogP contribution in [0.25, 0.3) is 0 Å². The summed E-state index contributed by atoms with van der Waals surface area (Å²) < 4.78 is 5.24. The van der Waals surface area contributed by atoms with E-state index >= 15 is 0 Å². The van der Waals surface area contributed by atoms with Crippen LogP contribution in [0.2, 0.25) is 0 Å². The molecule has 62 valence electrons. The van der Waals surface area contributed by atoms with Crippen LogP contribution in [-0.4, -0.2) is 43.5 Å². The maximum Gasteiger partial charge on any atom is 0.185 e. The third kappa shape index (κ3) is 2.13. The van der Waals surface area contributed by atoms with Crippen LogP contribution < -0.4 is 0 Å². The number of rotatable bonds is 2. The van der Waals surface area contributed by atoms with Crippen LogP contribution in [0.4, 0.5) is 0 Å². The van der Waals surface area contributed by atoms with Gasteiger partial charge >= 0.3 is 0 Å². The van der Waals surface area contributed by atoms with Gasteiger partial charge < -0.3 is 9.64 Å². The first-order valence-corrected chi connectivity index (χ1v) is 3.70. The maximum atomic E-state index is 11.0. The minimum Gasteiger partial charge on any atom is -0.367 e. The number of morpholine rings is 1. The van der Waals surface area contributed by atoms with Crippen molar-refractivity contribution in [2.24, 2.45) is 0 Å². The predicted molar refractivity (Wildman–Crippen MR) is 42.4 cm³/mol. The second kappa shape index (κ2) is 3.64. The molecule has 1 fully saturated rings. The molecular formula is C8H13NO2. The number of hydrogen-bond donors (Lipinski definition) is 0. The van der Waals surface area contributed by atoms with Gasteiger partial charge in [0.2, 0.25) is 0 Å². The Morgan fingerprint density at radius 1 is 1.82 bits per heavy atom. The van der Waals surface area contributed by atoms with Crippen molar-refractivity contribution in [2.75, 3.05) is 26.7 Å². The van der Waals surface area contributed by atoms with Crippen LogP contribution in [0.1, 0.15) is 0 Å². The molecule has 11 heavy (non-hydrogen) atoms. The van der Waals surface area contributed by atoms with Gasteiger partial charge in [0.15, 0.2) is 5.78 Å². The third-order valence-electron chi connectivity index (χ3n) is 1.79. The highest BCUT2D eigenvalue weighted by molar-refractivity contribution is 5.93. The zero-order valence-electron chi connectivity index (χ0n) is 6.75. The van der Waals surface area contributed by atoms with E-state index in [1.54, 1.807) is 0 Å². The van der Waals surface area contributed by atoms with Crippen LogP contribution in [0, 0.1) is 0 Å². The first-order valence-electron chi connectivity index (χ1n) is 3.70. The molecule has 0 spiro atoms. The number of carbonyl (C=O) groups is 1. The molecule has 1 heterocycles. The van der Waals surface area contributed by atoms with Crippen molar-refractivity contribution >= 4 is 5.78 Å². The first kappa shape index (κ1) is 8.43. The van der Waals surface area contributed by atoms with E-state index < -0.39 is 0 Å². The molecule has 3 nitrogen and oxygen atoms in total. The molecule has 0 bridgehead atoms. The lowest BCUT2D eigenvalue weighted by Crippen LogP contribution is -2.43. The number of likely N-dealkylation sites (N-methyl/N-ethyl adjacent to an activating group) is 1. The van der Waals surface area contributed by atoms with Crippen molar-refractivity contribution in [3.63, 3.8) is 0 Å². The smallest absolute Gasteiger partial charge is 0.185 e. The van der Waals surface area contributed by atoms with Gasteiger partial charge in [0.25, 0.3) is 0 Å². The Morgan fingerprint density at radius 2 is 2.55 bits per heavy atom. The molecule has 1 rings (SSSR count). The van der Waals surface area contributed by atoms with Crippen molar-refractivity contribution in [3.05, 3.63) is 12.7 Å². The highest BCUT2D eigenvalue weighted by Gasteiger charge is 2.21. The van der Waals surface area contributed by atoms with E-state index in [0.717, 1.165) is 6.54 Å². The lowest BCUT2D eigenvalue weighted by Gasteiger charge is -2.28. The molecule has 1 unspecified atom stereocenters. The highest BCUT2D eigenvalue weighted by Crippen LogP contribution is 2.03. The lowest BCUT2D eigenvalue weighted by atomic mass is 10.2. The summed E-state index contributed by atoms with van der Waals surface area (Å²) in [6, 6.07) is 0. The van der Waals surface area contributed by atoms with Crippen molar-refractivity contribution in [1.29, 1.82) is 0 Å². The van der Waals surface area contributed by atoms with E-state index in [2.05, 4.69) is 11.5 Å². The SMILES string of the molecule is C=CC(=O)C1CN(C)CCO1. The summed E-state index contributed by atoms with van der Waals surface area (Å²) in [4.78, 5) is 13.1. The van der Waals surface area contributed by atoms with Gasteiger partial charge in [0.1, 0.15) is 6.10 Å². The molecule has 1 aliphatic heterocycles. The van der Waals surface area contributed by atoms with Crippen LogP contribution in [0.15, 0.2) is 12.7 Å². The zero-order chi connectivity index (χ0) is 8.27. The molecule has 3 heteroatoms. The van der Waals surface area contributed by atoms with Gasteiger partial charge in [-0.15, -0.1) is 0 Å². The van der Waals surface area contributed by atoms with Gasteiger partial charge in [0, 0.05) is 13.1 Å². The van der Waals surface area contributed by atoms with E-state index in [0.29, 0.717) is 13.2 Å². The third-order valence-corrected chi connectivity index (χ3v) is 1.79. The van der Waals surface area contributed by atoms with Gasteiger partial charge in [-0.05, 0) is 13.1 Å². The topological polar surface area (TPSA) is 29.5 Å². The van der Waals surface area contributed by atoms with Crippen molar-refractivity contribution < 1.29 is 9.53 Å². The molecule has 0 amide bonds. The molecule has 0 aromatic carbocycles. The van der Waals surface area contributed by atoms with E-state index in [9.17, 15) is 4.79 Å². The number of nitrogens with zero attached hydrogens (tertiary/aromatic N) is 1. The molecule has 1 aliphatic rings. The average Bonchev–Trinajstić information content (AvgIpc) is 2.03. The van der Waals surface area contributed by atoms with Gasteiger partial charge in [0.05, 0.1) is 6.61 Å². The standard InChI is InChI=1S/C8H13NO2/c1-3-7(10)8-6-9(2)4-5-11-8/h3,8H,1,4-6H2,2H3. The lowest BCUT2D eigenvalue weighted by molar-refractivity contribution is -0.130. The predicted octanol–water partition coefficient (Wildman–Crippen LogP) is 0.0721. The monoisotopic (exact) mass is 155 g/mol. The Bertz CT molecular complexity index is 167. The Balaban J connectivity index is 2.45. The van der Waals surface area contributed by atoms with Gasteiger partial charge in [-0.3, -0.25) is 4.79 Å². The molecule has 0 aromatic heterocycles. The largest absolute Gasteiger partial charge is 0.367 e. The fourth-order valence-corrected chi connectivity index (χ4v) is 1.08. The Kier molecular flexibility index (Phi) is 2.79. The van der Waals surface area contributed by atoms with Crippen molar-refractivity contribution in [1.82, 2.24) is 4.90 Å². The molecule has 0 radical (unpaired) electrons. The number of carbonyl (C=O) groups excluding carboxylic acids is 1. The summed E-state index contributed by atoms with van der Waals surface area (Å²) in [6.07, 6.45) is 1.04. The van der Waals surface area contributed by atoms with Crippen LogP contribution in [0.3, 0.4) is 0 Å². The van der Waals surface area contributed by atoms with E-state index in [-0.39, 0.29) is 11.9 Å². The molecule has 0 aromatic rings. The Labute approximate surface area is 66.6 Å². The highest BCUT2D eigenvalue weighted by atomic mass is 16.5. The van der Waals surface area contributed by atoms with Gasteiger partial charge in [-0.2, -0.15) is 0 Å². The molecular weight excluding hydrogens is 142 g/mol. The Morgan fingerprint density at radius 3 is 3.09 bits per heavy atom. The summed E-state index contributed by atoms with van der Waals surface area (Å²) >= 11 is 0. The fourth-order valence-electron chi connectivity index (χ4n) is 1.08. The van der Waals surface area contributed by atoms with E-state index in [4.69, 9.17) is 4.74 Å². The van der Waals surface area contributed by atoms with E-state index in [1.807, 2.05) is 7.05 Å². The van der Waals surface area contributed by atoms with Crippen LogP contribution in [-0.2, 0) is 9.53 Å². The van der Waals surface area contributed by atoms with Crippen molar-refractivity contribution in [3.8, 4) is 0 Å². The second-order valence-corrected chi connectivity index (χ2v) is 2.73. The molecule has 0 saturated carbocycles. The summed E-state index contributed by atoms with van der Waals surface area (Å²) in [6.45, 7) is 5.64. The fraction of sp³-hybridized carbons (Fsp3) is 0.625. The minimum absolute atomic E-state index is 0.0171. The first-order chi connectivity index (χ1) is 5.24. The molecule has 1 atom stereocenters. The van der Waals surface area contributed by atoms with Crippen molar-refractivity contribution in [2.45, 2.75) is 6.10 Å². The normalized spacial score (nSPS) is 26.5. The molecule has 0 N–H and O–H groups in total. The van der Waals surface area contributed by atoms with Crippen LogP contribution in [0.5, 0.6) is 0 Å². The van der Waals surface area contributed by atoms with E-state index in [1.165, 1.54) is 6.08 Å². The second-order valence-electron chi connectivity index (χ2n) is 2.73. The number of ether oxygens (including phenoxy) is 1. The van der Waals surface area contributed by atoms with Gasteiger partial charge in [-0.25, -0.2) is 0 Å². The summed E-state index contributed by atoms with van der Waals surface area (Å²) in [7, 11) is 1.98. The molecule has 1 saturated heterocycles. The Hall–Kier alpha value is -0.670.